The van der Waals surface area contributed by atoms with Crippen molar-refractivity contribution in [3.05, 3.63) is 65.7 Å². The van der Waals surface area contributed by atoms with E-state index >= 15 is 0 Å². The average molecular weight is 408 g/mol. The third-order valence-electron chi connectivity index (χ3n) is 5.45. The molecule has 0 radical (unpaired) electrons. The van der Waals surface area contributed by atoms with Gasteiger partial charge in [-0.3, -0.25) is 14.4 Å². The van der Waals surface area contributed by atoms with Crippen molar-refractivity contribution in [2.45, 2.75) is 32.1 Å². The molecule has 1 aliphatic rings. The van der Waals surface area contributed by atoms with Gasteiger partial charge in [-0.1, -0.05) is 42.5 Å². The van der Waals surface area contributed by atoms with E-state index in [1.165, 1.54) is 0 Å². The summed E-state index contributed by atoms with van der Waals surface area (Å²) in [6, 6.07) is 17.1. The van der Waals surface area contributed by atoms with Crippen molar-refractivity contribution in [1.29, 1.82) is 0 Å². The fourth-order valence-corrected chi connectivity index (χ4v) is 3.83. The van der Waals surface area contributed by atoms with Crippen LogP contribution in [0.25, 0.3) is 0 Å². The molecule has 0 spiro atoms. The van der Waals surface area contributed by atoms with Crippen LogP contribution in [0.3, 0.4) is 0 Å². The summed E-state index contributed by atoms with van der Waals surface area (Å²) in [6.45, 7) is 2.67. The maximum absolute atomic E-state index is 13.0. The van der Waals surface area contributed by atoms with Crippen molar-refractivity contribution < 1.29 is 19.1 Å². The van der Waals surface area contributed by atoms with E-state index in [9.17, 15) is 14.4 Å². The number of carbonyl (C=O) groups excluding carboxylic acids is 3. The summed E-state index contributed by atoms with van der Waals surface area (Å²) in [6.07, 6.45) is 1.71. The van der Waals surface area contributed by atoms with Crippen LogP contribution in [0.5, 0.6) is 0 Å². The standard InChI is InChI=1S/C24H28N2O4/c1-3-30-23(28)16-19(18-10-5-4-6-11-18)12-9-15-26-17-22(27)25(2)21-14-8-7-13-20(21)24(26)29/h4-8,10-11,13-14,19H,3,9,12,15-17H2,1-2H3. The molecule has 0 aromatic heterocycles. The molecule has 3 rings (SSSR count). The van der Waals surface area contributed by atoms with Gasteiger partial charge in [0.2, 0.25) is 5.91 Å². The van der Waals surface area contributed by atoms with Crippen molar-refractivity contribution in [1.82, 2.24) is 4.90 Å². The lowest BCUT2D eigenvalue weighted by molar-refractivity contribution is -0.143. The van der Waals surface area contributed by atoms with E-state index in [0.717, 1.165) is 12.0 Å². The first-order valence-electron chi connectivity index (χ1n) is 10.4. The zero-order chi connectivity index (χ0) is 21.5. The van der Waals surface area contributed by atoms with Gasteiger partial charge in [-0.05, 0) is 43.4 Å². The highest BCUT2D eigenvalue weighted by molar-refractivity contribution is 6.09. The number of carbonyl (C=O) groups is 3. The van der Waals surface area contributed by atoms with Crippen LogP contribution < -0.4 is 4.90 Å². The number of esters is 1. The van der Waals surface area contributed by atoms with Crippen LogP contribution in [0.2, 0.25) is 0 Å². The van der Waals surface area contributed by atoms with E-state index < -0.39 is 0 Å². The minimum atomic E-state index is -0.220. The molecule has 6 nitrogen and oxygen atoms in total. The minimum Gasteiger partial charge on any atom is -0.466 e. The van der Waals surface area contributed by atoms with E-state index in [2.05, 4.69) is 0 Å². The van der Waals surface area contributed by atoms with Crippen molar-refractivity contribution in [3.8, 4) is 0 Å². The van der Waals surface area contributed by atoms with Gasteiger partial charge in [0.05, 0.1) is 24.3 Å². The SMILES string of the molecule is CCOC(=O)CC(CCCN1CC(=O)N(C)c2ccccc2C1=O)c1ccccc1. The van der Waals surface area contributed by atoms with Crippen molar-refractivity contribution in [2.75, 3.05) is 31.6 Å². The van der Waals surface area contributed by atoms with Crippen molar-refractivity contribution >= 4 is 23.5 Å². The quantitative estimate of drug-likeness (QED) is 0.626. The van der Waals surface area contributed by atoms with Gasteiger partial charge < -0.3 is 14.5 Å². The molecule has 2 aromatic rings. The lowest BCUT2D eigenvalue weighted by atomic mass is 9.91. The Morgan fingerprint density at radius 3 is 2.50 bits per heavy atom. The number of hydrogen-bond acceptors (Lipinski definition) is 4. The Labute approximate surface area is 177 Å². The Kier molecular flexibility index (Phi) is 7.22. The number of nitrogens with zero attached hydrogens (tertiary/aromatic N) is 2. The molecule has 1 heterocycles. The number of anilines is 1. The molecule has 0 saturated carbocycles. The molecule has 158 valence electrons. The summed E-state index contributed by atoms with van der Waals surface area (Å²) >= 11 is 0. The number of benzene rings is 2. The van der Waals surface area contributed by atoms with Gasteiger partial charge in [-0.15, -0.1) is 0 Å². The maximum Gasteiger partial charge on any atom is 0.306 e. The van der Waals surface area contributed by atoms with E-state index in [-0.39, 0.29) is 30.2 Å². The first-order valence-corrected chi connectivity index (χ1v) is 10.4. The van der Waals surface area contributed by atoms with Crippen molar-refractivity contribution in [2.24, 2.45) is 0 Å². The zero-order valence-electron chi connectivity index (χ0n) is 17.5. The largest absolute Gasteiger partial charge is 0.466 e. The zero-order valence-corrected chi connectivity index (χ0v) is 17.5. The van der Waals surface area contributed by atoms with Crippen LogP contribution >= 0.6 is 0 Å². The molecular weight excluding hydrogens is 380 g/mol. The summed E-state index contributed by atoms with van der Waals surface area (Å²) in [5.41, 5.74) is 2.25. The lowest BCUT2D eigenvalue weighted by Crippen LogP contribution is -2.38. The maximum atomic E-state index is 13.0. The smallest absolute Gasteiger partial charge is 0.306 e. The van der Waals surface area contributed by atoms with Crippen LogP contribution in [0, 0.1) is 0 Å². The molecule has 0 aliphatic carbocycles. The summed E-state index contributed by atoms with van der Waals surface area (Å²) in [5, 5.41) is 0. The van der Waals surface area contributed by atoms with Crippen molar-refractivity contribution in [3.63, 3.8) is 0 Å². The topological polar surface area (TPSA) is 66.9 Å². The molecule has 0 bridgehead atoms. The molecular formula is C24H28N2O4. The van der Waals surface area contributed by atoms with E-state index in [1.807, 2.05) is 42.5 Å². The van der Waals surface area contributed by atoms with Gasteiger partial charge in [0, 0.05) is 13.6 Å². The molecule has 0 fully saturated rings. The van der Waals surface area contributed by atoms with Gasteiger partial charge in [0.1, 0.15) is 6.54 Å². The number of ether oxygens (including phenoxy) is 1. The van der Waals surface area contributed by atoms with Gasteiger partial charge in [0.25, 0.3) is 5.91 Å². The number of likely N-dealkylation sites (N-methyl/N-ethyl adjacent to an activating group) is 1. The van der Waals surface area contributed by atoms with Crippen LogP contribution in [-0.4, -0.2) is 49.4 Å². The summed E-state index contributed by atoms with van der Waals surface area (Å²) in [4.78, 5) is 40.8. The number of para-hydroxylation sites is 1. The highest BCUT2D eigenvalue weighted by Crippen LogP contribution is 2.27. The Morgan fingerprint density at radius 1 is 1.07 bits per heavy atom. The molecule has 1 atom stereocenters. The molecule has 0 N–H and O–H groups in total. The molecule has 0 saturated heterocycles. The van der Waals surface area contributed by atoms with Crippen LogP contribution in [-0.2, 0) is 14.3 Å². The predicted molar refractivity (Wildman–Crippen MR) is 115 cm³/mol. The van der Waals surface area contributed by atoms with Crippen LogP contribution in [0.1, 0.15) is 48.0 Å². The normalized spacial score (nSPS) is 14.9. The third kappa shape index (κ3) is 5.06. The summed E-state index contributed by atoms with van der Waals surface area (Å²) in [5.74, 6) is -0.453. The minimum absolute atomic E-state index is 0.0120. The lowest BCUT2D eigenvalue weighted by Gasteiger charge is -2.22. The van der Waals surface area contributed by atoms with E-state index in [1.54, 1.807) is 35.9 Å². The highest BCUT2D eigenvalue weighted by atomic mass is 16.5. The fraction of sp³-hybridized carbons (Fsp3) is 0.375. The molecule has 1 unspecified atom stereocenters. The van der Waals surface area contributed by atoms with Gasteiger partial charge in [-0.25, -0.2) is 0 Å². The van der Waals surface area contributed by atoms with Crippen LogP contribution in [0.4, 0.5) is 5.69 Å². The summed E-state index contributed by atoms with van der Waals surface area (Å²) < 4.78 is 5.14. The second-order valence-electron chi connectivity index (χ2n) is 7.46. The number of hydrogen-bond donors (Lipinski definition) is 0. The third-order valence-corrected chi connectivity index (χ3v) is 5.45. The average Bonchev–Trinajstić information content (AvgIpc) is 2.85. The molecule has 30 heavy (non-hydrogen) atoms. The Hall–Kier alpha value is -3.15. The van der Waals surface area contributed by atoms with Crippen LogP contribution in [0.15, 0.2) is 54.6 Å². The first kappa shape index (κ1) is 21.6. The Bertz CT molecular complexity index is 897. The van der Waals surface area contributed by atoms with Gasteiger partial charge in [0.15, 0.2) is 0 Å². The van der Waals surface area contributed by atoms with Gasteiger partial charge in [-0.2, -0.15) is 0 Å². The van der Waals surface area contributed by atoms with Gasteiger partial charge >= 0.3 is 5.97 Å². The Balaban J connectivity index is 1.69. The van der Waals surface area contributed by atoms with E-state index in [0.29, 0.717) is 37.2 Å². The summed E-state index contributed by atoms with van der Waals surface area (Å²) in [7, 11) is 1.70. The molecule has 6 heteroatoms. The highest BCUT2D eigenvalue weighted by Gasteiger charge is 2.29. The number of fused-ring (bicyclic) bond motifs is 1. The number of rotatable bonds is 8. The monoisotopic (exact) mass is 408 g/mol. The Morgan fingerprint density at radius 2 is 1.77 bits per heavy atom. The second-order valence-corrected chi connectivity index (χ2v) is 7.46. The number of amides is 2. The fourth-order valence-electron chi connectivity index (χ4n) is 3.83. The molecule has 2 aromatic carbocycles. The first-order chi connectivity index (χ1) is 14.5. The molecule has 1 aliphatic heterocycles. The predicted octanol–water partition coefficient (Wildman–Crippen LogP) is 3.62. The van der Waals surface area contributed by atoms with E-state index in [4.69, 9.17) is 4.74 Å². The molecule has 2 amide bonds. The second kappa shape index (κ2) is 10.1.